The maximum atomic E-state index is 16.3. The standard InChI is InChI=1S/C40H54FN3O7Si/c1-6-50-31-15-16-34-29(22-31)23-33(42-18-10-11-20-45)40(48)44(34)30-14-17-35-32(24-30)38(49-3)27(2)39(51-35)36(52(4,5)41)25-37(47)43(19-21-46)26-28-12-8-7-9-13-28/h7-9,12-17,22,24,27,33,36,38-39,42,45-46H,6,10-11,18-21,23,25-26H2,1-5H3/t27-,33?,36?,38-,39-/m1/s1. The number of hydrogen-bond donors (Lipinski definition) is 3. The number of hydrogen-bond acceptors (Lipinski definition) is 8. The molecule has 0 aromatic heterocycles. The molecule has 2 unspecified atom stereocenters. The highest BCUT2D eigenvalue weighted by Gasteiger charge is 2.49. The van der Waals surface area contributed by atoms with E-state index in [0.717, 1.165) is 34.5 Å². The molecule has 3 aromatic rings. The van der Waals surface area contributed by atoms with Gasteiger partial charge < -0.3 is 38.7 Å². The summed E-state index contributed by atoms with van der Waals surface area (Å²) in [7, 11) is -1.88. The van der Waals surface area contributed by atoms with E-state index in [1.165, 1.54) is 0 Å². The molecule has 5 rings (SSSR count). The highest BCUT2D eigenvalue weighted by molar-refractivity contribution is 6.72. The minimum atomic E-state index is -3.50. The zero-order valence-corrected chi connectivity index (χ0v) is 32.0. The van der Waals surface area contributed by atoms with Gasteiger partial charge in [-0.25, -0.2) is 0 Å². The third-order valence-electron chi connectivity index (χ3n) is 10.2. The van der Waals surface area contributed by atoms with Crippen molar-refractivity contribution in [3.05, 3.63) is 83.4 Å². The molecule has 3 aromatic carbocycles. The molecule has 0 aliphatic carbocycles. The van der Waals surface area contributed by atoms with Gasteiger partial charge in [-0.3, -0.25) is 14.5 Å². The predicted octanol–water partition coefficient (Wildman–Crippen LogP) is 6.08. The zero-order valence-electron chi connectivity index (χ0n) is 31.0. The van der Waals surface area contributed by atoms with Crippen molar-refractivity contribution in [3.8, 4) is 11.5 Å². The average molecular weight is 736 g/mol. The van der Waals surface area contributed by atoms with Crippen LogP contribution >= 0.6 is 0 Å². The van der Waals surface area contributed by atoms with Crippen LogP contribution in [0.5, 0.6) is 11.5 Å². The molecule has 0 saturated heterocycles. The minimum Gasteiger partial charge on any atom is -0.494 e. The summed E-state index contributed by atoms with van der Waals surface area (Å²) < 4.78 is 34.9. The number of fused-ring (bicyclic) bond motifs is 2. The van der Waals surface area contributed by atoms with E-state index in [2.05, 4.69) is 5.32 Å². The van der Waals surface area contributed by atoms with Gasteiger partial charge in [-0.15, -0.1) is 0 Å². The fourth-order valence-electron chi connectivity index (χ4n) is 7.51. The number of benzene rings is 3. The van der Waals surface area contributed by atoms with Crippen molar-refractivity contribution in [1.82, 2.24) is 10.2 Å². The van der Waals surface area contributed by atoms with Gasteiger partial charge in [-0.1, -0.05) is 37.3 Å². The molecule has 2 heterocycles. The van der Waals surface area contributed by atoms with E-state index in [-0.39, 0.29) is 43.9 Å². The van der Waals surface area contributed by atoms with Crippen molar-refractivity contribution in [1.29, 1.82) is 0 Å². The summed E-state index contributed by atoms with van der Waals surface area (Å²) in [4.78, 5) is 31.3. The smallest absolute Gasteiger partial charge is 0.249 e. The van der Waals surface area contributed by atoms with Gasteiger partial charge in [0.25, 0.3) is 0 Å². The highest BCUT2D eigenvalue weighted by atomic mass is 28.4. The summed E-state index contributed by atoms with van der Waals surface area (Å²) in [5.41, 5.74) is 3.38. The molecule has 10 nitrogen and oxygen atoms in total. The van der Waals surface area contributed by atoms with Gasteiger partial charge in [0.1, 0.15) is 17.6 Å². The summed E-state index contributed by atoms with van der Waals surface area (Å²) in [6.07, 6.45) is 0.700. The van der Waals surface area contributed by atoms with Gasteiger partial charge in [0.05, 0.1) is 31.0 Å². The molecule has 2 aliphatic rings. The second kappa shape index (κ2) is 17.8. The Morgan fingerprint density at radius 2 is 1.87 bits per heavy atom. The first kappa shape index (κ1) is 39.4. The largest absolute Gasteiger partial charge is 0.494 e. The number of anilines is 2. The van der Waals surface area contributed by atoms with E-state index < -0.39 is 32.2 Å². The lowest BCUT2D eigenvalue weighted by molar-refractivity contribution is -0.133. The summed E-state index contributed by atoms with van der Waals surface area (Å²) in [6.45, 7) is 8.60. The van der Waals surface area contributed by atoms with E-state index in [9.17, 15) is 19.8 Å². The van der Waals surface area contributed by atoms with Crippen molar-refractivity contribution in [2.24, 2.45) is 5.92 Å². The Morgan fingerprint density at radius 3 is 2.54 bits per heavy atom. The van der Waals surface area contributed by atoms with Crippen LogP contribution in [0.3, 0.4) is 0 Å². The van der Waals surface area contributed by atoms with Crippen LogP contribution in [0.2, 0.25) is 18.6 Å². The molecule has 0 saturated carbocycles. The van der Waals surface area contributed by atoms with Crippen LogP contribution in [0.4, 0.5) is 15.5 Å². The third-order valence-corrected chi connectivity index (χ3v) is 12.5. The van der Waals surface area contributed by atoms with Crippen LogP contribution < -0.4 is 19.7 Å². The number of nitrogens with zero attached hydrogens (tertiary/aromatic N) is 2. The quantitative estimate of drug-likeness (QED) is 0.0868. The summed E-state index contributed by atoms with van der Waals surface area (Å²) in [5, 5.41) is 22.4. The van der Waals surface area contributed by atoms with Gasteiger partial charge in [0.2, 0.25) is 20.2 Å². The number of methoxy groups -OCH3 is 1. The average Bonchev–Trinajstić information content (AvgIpc) is 3.12. The Labute approximate surface area is 308 Å². The normalized spacial score (nSPS) is 20.5. The summed E-state index contributed by atoms with van der Waals surface area (Å²) in [5.74, 6) is 0.610. The van der Waals surface area contributed by atoms with Crippen LogP contribution in [-0.2, 0) is 27.3 Å². The topological polar surface area (TPSA) is 121 Å². The molecular formula is C40H54FN3O7Si. The van der Waals surface area contributed by atoms with Crippen LogP contribution in [0, 0.1) is 5.92 Å². The second-order valence-corrected chi connectivity index (χ2v) is 18.1. The first-order chi connectivity index (χ1) is 25.0. The van der Waals surface area contributed by atoms with E-state index in [0.29, 0.717) is 44.0 Å². The number of amides is 2. The molecule has 52 heavy (non-hydrogen) atoms. The number of unbranched alkanes of at least 4 members (excludes halogenated alkanes) is 1. The Bertz CT molecular complexity index is 1660. The molecule has 5 atom stereocenters. The number of carbonyl (C=O) groups is 2. The molecule has 0 bridgehead atoms. The third kappa shape index (κ3) is 9.03. The highest BCUT2D eigenvalue weighted by Crippen LogP contribution is 2.49. The number of carbonyl (C=O) groups excluding carboxylic acids is 2. The monoisotopic (exact) mass is 735 g/mol. The molecule has 282 valence electrons. The van der Waals surface area contributed by atoms with Crippen molar-refractivity contribution in [3.63, 3.8) is 0 Å². The number of ether oxygens (including phenoxy) is 3. The minimum absolute atomic E-state index is 0.0586. The van der Waals surface area contributed by atoms with Crippen LogP contribution in [0.1, 0.15) is 55.9 Å². The van der Waals surface area contributed by atoms with E-state index in [1.54, 1.807) is 30.0 Å². The van der Waals surface area contributed by atoms with Gasteiger partial charge in [-0.2, -0.15) is 0 Å². The zero-order chi connectivity index (χ0) is 37.4. The maximum absolute atomic E-state index is 16.3. The van der Waals surface area contributed by atoms with E-state index >= 15 is 4.11 Å². The van der Waals surface area contributed by atoms with Gasteiger partial charge in [-0.05, 0) is 93.4 Å². The number of halogens is 1. The Balaban J connectivity index is 1.45. The lowest BCUT2D eigenvalue weighted by atomic mass is 9.86. The lowest BCUT2D eigenvalue weighted by Gasteiger charge is -2.43. The first-order valence-electron chi connectivity index (χ1n) is 18.4. The molecule has 2 aliphatic heterocycles. The molecule has 12 heteroatoms. The molecule has 0 fully saturated rings. The van der Waals surface area contributed by atoms with Gasteiger partial charge in [0.15, 0.2) is 0 Å². The lowest BCUT2D eigenvalue weighted by Crippen LogP contribution is -2.50. The van der Waals surface area contributed by atoms with Crippen LogP contribution in [-0.4, -0.2) is 87.5 Å². The molecule has 0 radical (unpaired) electrons. The fraction of sp³-hybridized carbons (Fsp3) is 0.500. The maximum Gasteiger partial charge on any atom is 0.249 e. The Kier molecular flexibility index (Phi) is 13.5. The Hall–Kier alpha value is -3.81. The number of aliphatic hydroxyl groups excluding tert-OH is 2. The molecule has 2 amide bonds. The molecular weight excluding hydrogens is 682 g/mol. The van der Waals surface area contributed by atoms with Gasteiger partial charge >= 0.3 is 0 Å². The van der Waals surface area contributed by atoms with Crippen molar-refractivity contribution < 1.29 is 38.1 Å². The van der Waals surface area contributed by atoms with Crippen molar-refractivity contribution >= 4 is 31.6 Å². The number of rotatable bonds is 17. The van der Waals surface area contributed by atoms with Crippen LogP contribution in [0.25, 0.3) is 0 Å². The van der Waals surface area contributed by atoms with Crippen molar-refractivity contribution in [2.45, 2.75) is 83.0 Å². The second-order valence-electron chi connectivity index (χ2n) is 14.3. The molecule has 3 N–H and O–H groups in total. The molecule has 0 spiro atoms. The van der Waals surface area contributed by atoms with Crippen LogP contribution in [0.15, 0.2) is 66.7 Å². The summed E-state index contributed by atoms with van der Waals surface area (Å²) in [6, 6.07) is 20.4. The summed E-state index contributed by atoms with van der Waals surface area (Å²) >= 11 is 0. The van der Waals surface area contributed by atoms with E-state index in [4.69, 9.17) is 14.2 Å². The van der Waals surface area contributed by atoms with Crippen molar-refractivity contribution in [2.75, 3.05) is 44.9 Å². The van der Waals surface area contributed by atoms with Gasteiger partial charge in [0, 0.05) is 55.9 Å². The fourth-order valence-corrected chi connectivity index (χ4v) is 9.32. The van der Waals surface area contributed by atoms with E-state index in [1.807, 2.05) is 80.6 Å². The Morgan fingerprint density at radius 1 is 1.10 bits per heavy atom. The predicted molar refractivity (Wildman–Crippen MR) is 202 cm³/mol. The number of nitrogens with one attached hydrogen (secondary N) is 1. The SMILES string of the molecule is CCOc1ccc2c(c1)CC(NCCCCO)C(=O)N2c1ccc2c(c1)[C@H](OC)[C@@H](C)[C@H](C(CC(=O)N(CCO)Cc1ccccc1)[Si](C)(C)F)O2. The first-order valence-corrected chi connectivity index (χ1v) is 21.3. The number of aliphatic hydroxyl groups is 2.